The zero-order valence-corrected chi connectivity index (χ0v) is 12.7. The highest BCUT2D eigenvalue weighted by molar-refractivity contribution is 5.53. The quantitative estimate of drug-likeness (QED) is 0.660. The van der Waals surface area contributed by atoms with Gasteiger partial charge in [0.05, 0.1) is 6.54 Å². The predicted octanol–water partition coefficient (Wildman–Crippen LogP) is 3.47. The first-order chi connectivity index (χ1) is 11.9. The lowest BCUT2D eigenvalue weighted by Gasteiger charge is -2.09. The van der Waals surface area contributed by atoms with Gasteiger partial charge < -0.3 is 4.74 Å². The number of nitrogens with zero attached hydrogens (tertiary/aromatic N) is 4. The fraction of sp³-hybridized carbons (Fsp3) is 0.188. The number of hydrogen-bond donors (Lipinski definition) is 0. The van der Waals surface area contributed by atoms with Crippen LogP contribution in [0, 0.1) is 5.82 Å². The summed E-state index contributed by atoms with van der Waals surface area (Å²) in [6.45, 7) is -1.07. The minimum absolute atomic E-state index is 0.119. The molecule has 0 aliphatic rings. The lowest BCUT2D eigenvalue weighted by atomic mass is 10.2. The van der Waals surface area contributed by atoms with Crippen molar-refractivity contribution in [2.75, 3.05) is 6.61 Å². The number of ether oxygens (including phenoxy) is 1. The molecule has 0 N–H and O–H groups in total. The summed E-state index contributed by atoms with van der Waals surface area (Å²) in [7, 11) is 0. The first-order valence-corrected chi connectivity index (χ1v) is 7.21. The topological polar surface area (TPSA) is 52.8 Å². The number of halogens is 4. The number of tetrazole rings is 1. The Bertz CT molecular complexity index is 846. The second-order valence-electron chi connectivity index (χ2n) is 5.20. The first kappa shape index (κ1) is 16.9. The third-order valence-electron chi connectivity index (χ3n) is 3.19. The molecule has 130 valence electrons. The number of hydrogen-bond acceptors (Lipinski definition) is 4. The molecule has 2 aromatic carbocycles. The van der Waals surface area contributed by atoms with Gasteiger partial charge in [-0.3, -0.25) is 0 Å². The minimum Gasteiger partial charge on any atom is -0.484 e. The molecule has 1 aromatic heterocycles. The van der Waals surface area contributed by atoms with E-state index in [1.165, 1.54) is 29.1 Å². The van der Waals surface area contributed by atoms with E-state index in [1.54, 1.807) is 24.3 Å². The van der Waals surface area contributed by atoms with Gasteiger partial charge in [0.25, 0.3) is 0 Å². The maximum Gasteiger partial charge on any atom is 0.422 e. The lowest BCUT2D eigenvalue weighted by molar-refractivity contribution is -0.153. The van der Waals surface area contributed by atoms with Gasteiger partial charge in [0.1, 0.15) is 11.6 Å². The molecule has 0 aliphatic heterocycles. The lowest BCUT2D eigenvalue weighted by Crippen LogP contribution is -2.19. The molecular formula is C16H12F4N4O. The van der Waals surface area contributed by atoms with Gasteiger partial charge in [-0.2, -0.15) is 18.0 Å². The molecule has 3 aromatic rings. The highest BCUT2D eigenvalue weighted by atomic mass is 19.4. The van der Waals surface area contributed by atoms with Crippen LogP contribution in [-0.4, -0.2) is 33.0 Å². The van der Waals surface area contributed by atoms with E-state index in [1.807, 2.05) is 0 Å². The Labute approximate surface area is 139 Å². The maximum absolute atomic E-state index is 13.2. The molecule has 0 unspecified atom stereocenters. The third-order valence-corrected chi connectivity index (χ3v) is 3.19. The van der Waals surface area contributed by atoms with E-state index in [9.17, 15) is 17.6 Å². The largest absolute Gasteiger partial charge is 0.484 e. The zero-order valence-electron chi connectivity index (χ0n) is 12.7. The van der Waals surface area contributed by atoms with Crippen molar-refractivity contribution in [3.8, 4) is 17.1 Å². The highest BCUT2D eigenvalue weighted by Gasteiger charge is 2.28. The van der Waals surface area contributed by atoms with Gasteiger partial charge in [-0.25, -0.2) is 4.39 Å². The van der Waals surface area contributed by atoms with Gasteiger partial charge in [0.15, 0.2) is 6.61 Å². The van der Waals surface area contributed by atoms with Gasteiger partial charge in [-0.05, 0) is 35.0 Å². The molecule has 9 heteroatoms. The summed E-state index contributed by atoms with van der Waals surface area (Å²) in [5.41, 5.74) is 1.25. The normalized spacial score (nSPS) is 11.5. The average Bonchev–Trinajstić information content (AvgIpc) is 3.02. The van der Waals surface area contributed by atoms with E-state index in [-0.39, 0.29) is 18.1 Å². The fourth-order valence-corrected chi connectivity index (χ4v) is 2.07. The molecule has 25 heavy (non-hydrogen) atoms. The molecule has 0 saturated carbocycles. The van der Waals surface area contributed by atoms with E-state index in [0.717, 1.165) is 5.56 Å². The number of rotatable bonds is 5. The average molecular weight is 352 g/mol. The molecule has 0 spiro atoms. The summed E-state index contributed by atoms with van der Waals surface area (Å²) < 4.78 is 54.2. The predicted molar refractivity (Wildman–Crippen MR) is 80.3 cm³/mol. The Balaban J connectivity index is 1.65. The van der Waals surface area contributed by atoms with Crippen molar-refractivity contribution in [2.24, 2.45) is 0 Å². The van der Waals surface area contributed by atoms with Crippen LogP contribution in [0.2, 0.25) is 0 Å². The van der Waals surface area contributed by atoms with Crippen LogP contribution in [0.4, 0.5) is 17.6 Å². The number of alkyl halides is 3. The fourth-order valence-electron chi connectivity index (χ4n) is 2.07. The van der Waals surface area contributed by atoms with Crippen molar-refractivity contribution in [1.82, 2.24) is 20.2 Å². The van der Waals surface area contributed by atoms with Gasteiger partial charge in [0.2, 0.25) is 5.82 Å². The molecular weight excluding hydrogens is 340 g/mol. The van der Waals surface area contributed by atoms with Crippen LogP contribution in [0.1, 0.15) is 5.56 Å². The monoisotopic (exact) mass is 352 g/mol. The second kappa shape index (κ2) is 6.88. The smallest absolute Gasteiger partial charge is 0.422 e. The van der Waals surface area contributed by atoms with E-state index < -0.39 is 18.6 Å². The molecule has 1 heterocycles. The molecule has 0 atom stereocenters. The van der Waals surface area contributed by atoms with Crippen molar-refractivity contribution in [3.05, 3.63) is 59.9 Å². The second-order valence-corrected chi connectivity index (χ2v) is 5.20. The molecule has 0 saturated heterocycles. The number of aromatic nitrogens is 4. The van der Waals surface area contributed by atoms with Gasteiger partial charge in [0, 0.05) is 5.56 Å². The van der Waals surface area contributed by atoms with E-state index in [2.05, 4.69) is 20.1 Å². The molecule has 5 nitrogen and oxygen atoms in total. The van der Waals surface area contributed by atoms with E-state index >= 15 is 0 Å². The van der Waals surface area contributed by atoms with Crippen LogP contribution in [0.5, 0.6) is 5.75 Å². The summed E-state index contributed by atoms with van der Waals surface area (Å²) in [6.07, 6.45) is -4.38. The number of benzene rings is 2. The van der Waals surface area contributed by atoms with Gasteiger partial charge >= 0.3 is 6.18 Å². The summed E-state index contributed by atoms with van der Waals surface area (Å²) in [5, 5.41) is 11.9. The van der Waals surface area contributed by atoms with Gasteiger partial charge in [-0.1, -0.05) is 24.3 Å². The van der Waals surface area contributed by atoms with E-state index in [0.29, 0.717) is 5.56 Å². The minimum atomic E-state index is -4.38. The van der Waals surface area contributed by atoms with Crippen LogP contribution < -0.4 is 4.74 Å². The highest BCUT2D eigenvalue weighted by Crippen LogP contribution is 2.19. The summed E-state index contributed by atoms with van der Waals surface area (Å²) in [6, 6.07) is 11.9. The molecule has 3 rings (SSSR count). The molecule has 0 bridgehead atoms. The van der Waals surface area contributed by atoms with Crippen LogP contribution in [0.3, 0.4) is 0 Å². The molecule has 0 aliphatic carbocycles. The Hall–Kier alpha value is -2.97. The van der Waals surface area contributed by atoms with Crippen molar-refractivity contribution >= 4 is 0 Å². The Morgan fingerprint density at radius 1 is 1.04 bits per heavy atom. The third kappa shape index (κ3) is 4.75. The summed E-state index contributed by atoms with van der Waals surface area (Å²) in [4.78, 5) is 1.31. The molecule has 0 radical (unpaired) electrons. The first-order valence-electron chi connectivity index (χ1n) is 7.21. The van der Waals surface area contributed by atoms with Crippen molar-refractivity contribution < 1.29 is 22.3 Å². The van der Waals surface area contributed by atoms with Crippen LogP contribution in [0.15, 0.2) is 48.5 Å². The summed E-state index contributed by atoms with van der Waals surface area (Å²) >= 11 is 0. The van der Waals surface area contributed by atoms with Crippen molar-refractivity contribution in [3.63, 3.8) is 0 Å². The van der Waals surface area contributed by atoms with Crippen LogP contribution in [-0.2, 0) is 6.54 Å². The Kier molecular flexibility index (Phi) is 4.64. The van der Waals surface area contributed by atoms with Crippen molar-refractivity contribution in [2.45, 2.75) is 12.7 Å². The maximum atomic E-state index is 13.2. The van der Waals surface area contributed by atoms with Crippen LogP contribution in [0.25, 0.3) is 11.4 Å². The van der Waals surface area contributed by atoms with Gasteiger partial charge in [-0.15, -0.1) is 10.2 Å². The Morgan fingerprint density at radius 3 is 2.48 bits per heavy atom. The SMILES string of the molecule is Fc1cccc(-c2nnn(Cc3ccc(OCC(F)(F)F)cc3)n2)c1. The molecule has 0 amide bonds. The molecule has 0 fully saturated rings. The standard InChI is InChI=1S/C16H12F4N4O/c17-13-3-1-2-12(8-13)15-21-23-24(22-15)9-11-4-6-14(7-5-11)25-10-16(18,19)20/h1-8H,9-10H2. The Morgan fingerprint density at radius 2 is 1.80 bits per heavy atom. The van der Waals surface area contributed by atoms with E-state index in [4.69, 9.17) is 0 Å². The zero-order chi connectivity index (χ0) is 17.9. The summed E-state index contributed by atoms with van der Waals surface area (Å²) in [5.74, 6) is 0.000926. The van der Waals surface area contributed by atoms with Crippen molar-refractivity contribution in [1.29, 1.82) is 0 Å². The van der Waals surface area contributed by atoms with Crippen LogP contribution >= 0.6 is 0 Å².